The number of hydrogen-bond donors (Lipinski definition) is 1. The number of benzene rings is 1. The lowest BCUT2D eigenvalue weighted by atomic mass is 10.0. The molecule has 0 aliphatic carbocycles. The fourth-order valence-corrected chi connectivity index (χ4v) is 1.84. The average Bonchev–Trinajstić information content (AvgIpc) is 2.46. The molecule has 20 heavy (non-hydrogen) atoms. The van der Waals surface area contributed by atoms with E-state index in [-0.39, 0.29) is 0 Å². The van der Waals surface area contributed by atoms with Gasteiger partial charge in [0.1, 0.15) is 5.54 Å². The van der Waals surface area contributed by atoms with E-state index in [0.29, 0.717) is 19.6 Å². The Hall–Kier alpha value is -1.73. The maximum absolute atomic E-state index is 9.19. The molecule has 4 heteroatoms. The first-order valence-electron chi connectivity index (χ1n) is 7.16. The van der Waals surface area contributed by atoms with Gasteiger partial charge in [0.15, 0.2) is 11.5 Å². The molecule has 0 aliphatic rings. The number of rotatable bonds is 9. The molecule has 1 unspecified atom stereocenters. The molecule has 110 valence electrons. The summed E-state index contributed by atoms with van der Waals surface area (Å²) in [6.45, 7) is 7.86. The molecule has 0 bridgehead atoms. The van der Waals surface area contributed by atoms with Gasteiger partial charge >= 0.3 is 0 Å². The molecule has 0 saturated carbocycles. The van der Waals surface area contributed by atoms with Crippen molar-refractivity contribution in [2.24, 2.45) is 0 Å². The van der Waals surface area contributed by atoms with Gasteiger partial charge in [-0.2, -0.15) is 5.26 Å². The molecule has 0 radical (unpaired) electrons. The molecule has 1 rings (SSSR count). The standard InChI is InChI=1S/C16H24N2O2/c1-4-11-19-14-8-6-7-9-15(14)20-12-10-16(3,13-17)18-5-2/h6-9,18H,4-5,10-12H2,1-3H3. The normalized spacial score (nSPS) is 13.3. The Bertz CT molecular complexity index is 442. The molecule has 4 nitrogen and oxygen atoms in total. The van der Waals surface area contributed by atoms with Crippen molar-refractivity contribution < 1.29 is 9.47 Å². The first-order chi connectivity index (χ1) is 9.65. The molecular formula is C16H24N2O2. The summed E-state index contributed by atoms with van der Waals surface area (Å²) < 4.78 is 11.4. The maximum Gasteiger partial charge on any atom is 0.161 e. The molecule has 1 atom stereocenters. The lowest BCUT2D eigenvalue weighted by molar-refractivity contribution is 0.245. The lowest BCUT2D eigenvalue weighted by Gasteiger charge is -2.22. The second kappa shape index (κ2) is 8.44. The molecule has 0 heterocycles. The Balaban J connectivity index is 2.55. The van der Waals surface area contributed by atoms with Crippen LogP contribution in [0.25, 0.3) is 0 Å². The van der Waals surface area contributed by atoms with Crippen LogP contribution in [-0.4, -0.2) is 25.3 Å². The predicted octanol–water partition coefficient (Wildman–Crippen LogP) is 3.14. The highest BCUT2D eigenvalue weighted by Crippen LogP contribution is 2.27. The summed E-state index contributed by atoms with van der Waals surface area (Å²) in [6.07, 6.45) is 1.58. The summed E-state index contributed by atoms with van der Waals surface area (Å²) >= 11 is 0. The van der Waals surface area contributed by atoms with Crippen LogP contribution in [0.2, 0.25) is 0 Å². The van der Waals surface area contributed by atoms with Crippen molar-refractivity contribution >= 4 is 0 Å². The number of hydrogen-bond acceptors (Lipinski definition) is 4. The molecule has 0 saturated heterocycles. The van der Waals surface area contributed by atoms with Crippen LogP contribution in [0.4, 0.5) is 0 Å². The molecule has 0 amide bonds. The molecule has 0 fully saturated rings. The maximum atomic E-state index is 9.19. The van der Waals surface area contributed by atoms with Crippen molar-refractivity contribution in [2.45, 2.75) is 39.2 Å². The third-order valence-corrected chi connectivity index (χ3v) is 2.98. The fourth-order valence-electron chi connectivity index (χ4n) is 1.84. The topological polar surface area (TPSA) is 54.3 Å². The van der Waals surface area contributed by atoms with E-state index >= 15 is 0 Å². The monoisotopic (exact) mass is 276 g/mol. The van der Waals surface area contributed by atoms with E-state index in [1.807, 2.05) is 38.1 Å². The first kappa shape index (κ1) is 16.3. The molecule has 0 spiro atoms. The van der Waals surface area contributed by atoms with Gasteiger partial charge in [0.05, 0.1) is 19.3 Å². The first-order valence-corrected chi connectivity index (χ1v) is 7.16. The number of para-hydroxylation sites is 2. The van der Waals surface area contributed by atoms with Crippen molar-refractivity contribution in [3.63, 3.8) is 0 Å². The zero-order valence-corrected chi connectivity index (χ0v) is 12.6. The summed E-state index contributed by atoms with van der Waals surface area (Å²) in [5.41, 5.74) is -0.548. The SMILES string of the molecule is CCCOc1ccccc1OCCC(C)(C#N)NCC. The second-order valence-electron chi connectivity index (χ2n) is 4.87. The number of nitriles is 1. The van der Waals surface area contributed by atoms with Gasteiger partial charge < -0.3 is 9.47 Å². The van der Waals surface area contributed by atoms with E-state index in [2.05, 4.69) is 18.3 Å². The minimum atomic E-state index is -0.548. The van der Waals surface area contributed by atoms with Crippen LogP contribution >= 0.6 is 0 Å². The predicted molar refractivity (Wildman–Crippen MR) is 80.0 cm³/mol. The Labute approximate surface area is 121 Å². The van der Waals surface area contributed by atoms with Gasteiger partial charge in [0, 0.05) is 6.42 Å². The smallest absolute Gasteiger partial charge is 0.161 e. The van der Waals surface area contributed by atoms with Gasteiger partial charge in [0.25, 0.3) is 0 Å². The van der Waals surface area contributed by atoms with Crippen LogP contribution in [0.5, 0.6) is 11.5 Å². The van der Waals surface area contributed by atoms with Gasteiger partial charge in [-0.1, -0.05) is 26.0 Å². The zero-order chi connectivity index (χ0) is 14.8. The van der Waals surface area contributed by atoms with E-state index in [1.165, 1.54) is 0 Å². The summed E-state index contributed by atoms with van der Waals surface area (Å²) in [4.78, 5) is 0. The highest BCUT2D eigenvalue weighted by Gasteiger charge is 2.22. The van der Waals surface area contributed by atoms with Crippen molar-refractivity contribution in [2.75, 3.05) is 19.8 Å². The van der Waals surface area contributed by atoms with E-state index in [9.17, 15) is 5.26 Å². The summed E-state index contributed by atoms with van der Waals surface area (Å²) in [5.74, 6) is 1.49. The van der Waals surface area contributed by atoms with Crippen LogP contribution in [0.15, 0.2) is 24.3 Å². The van der Waals surface area contributed by atoms with Crippen LogP contribution in [-0.2, 0) is 0 Å². The summed E-state index contributed by atoms with van der Waals surface area (Å²) in [5, 5.41) is 12.4. The Morgan fingerprint density at radius 3 is 2.25 bits per heavy atom. The largest absolute Gasteiger partial charge is 0.490 e. The van der Waals surface area contributed by atoms with Crippen LogP contribution in [0.3, 0.4) is 0 Å². The molecule has 1 aromatic carbocycles. The second-order valence-corrected chi connectivity index (χ2v) is 4.87. The van der Waals surface area contributed by atoms with Crippen molar-refractivity contribution in [3.8, 4) is 17.6 Å². The van der Waals surface area contributed by atoms with Crippen LogP contribution < -0.4 is 14.8 Å². The Morgan fingerprint density at radius 2 is 1.75 bits per heavy atom. The van der Waals surface area contributed by atoms with E-state index < -0.39 is 5.54 Å². The van der Waals surface area contributed by atoms with Crippen LogP contribution in [0.1, 0.15) is 33.6 Å². The number of ether oxygens (including phenoxy) is 2. The van der Waals surface area contributed by atoms with Gasteiger partial charge in [-0.3, -0.25) is 5.32 Å². The fraction of sp³-hybridized carbons (Fsp3) is 0.562. The summed E-state index contributed by atoms with van der Waals surface area (Å²) in [7, 11) is 0. The summed E-state index contributed by atoms with van der Waals surface area (Å²) in [6, 6.07) is 9.93. The zero-order valence-electron chi connectivity index (χ0n) is 12.6. The molecule has 1 aromatic rings. The molecule has 0 aliphatic heterocycles. The number of nitrogens with one attached hydrogen (secondary N) is 1. The third-order valence-electron chi connectivity index (χ3n) is 2.98. The minimum Gasteiger partial charge on any atom is -0.490 e. The Morgan fingerprint density at radius 1 is 1.15 bits per heavy atom. The lowest BCUT2D eigenvalue weighted by Crippen LogP contribution is -2.42. The van der Waals surface area contributed by atoms with E-state index in [4.69, 9.17) is 9.47 Å². The van der Waals surface area contributed by atoms with Gasteiger partial charge in [-0.05, 0) is 32.0 Å². The number of nitrogens with zero attached hydrogens (tertiary/aromatic N) is 1. The average molecular weight is 276 g/mol. The highest BCUT2D eigenvalue weighted by atomic mass is 16.5. The van der Waals surface area contributed by atoms with E-state index in [1.54, 1.807) is 0 Å². The Kier molecular flexibility index (Phi) is 6.89. The van der Waals surface area contributed by atoms with Gasteiger partial charge in [-0.15, -0.1) is 0 Å². The third kappa shape index (κ3) is 5.10. The van der Waals surface area contributed by atoms with Crippen molar-refractivity contribution in [3.05, 3.63) is 24.3 Å². The molecule has 1 N–H and O–H groups in total. The molecular weight excluding hydrogens is 252 g/mol. The van der Waals surface area contributed by atoms with Crippen molar-refractivity contribution in [1.29, 1.82) is 5.26 Å². The minimum absolute atomic E-state index is 0.476. The quantitative estimate of drug-likeness (QED) is 0.753. The van der Waals surface area contributed by atoms with E-state index in [0.717, 1.165) is 24.5 Å². The van der Waals surface area contributed by atoms with Crippen molar-refractivity contribution in [1.82, 2.24) is 5.32 Å². The van der Waals surface area contributed by atoms with Gasteiger partial charge in [0.2, 0.25) is 0 Å². The van der Waals surface area contributed by atoms with Gasteiger partial charge in [-0.25, -0.2) is 0 Å². The molecule has 0 aromatic heterocycles. The highest BCUT2D eigenvalue weighted by molar-refractivity contribution is 5.39. The van der Waals surface area contributed by atoms with Crippen LogP contribution in [0, 0.1) is 11.3 Å².